The number of thiophene rings is 1. The third-order valence-electron chi connectivity index (χ3n) is 4.10. The summed E-state index contributed by atoms with van der Waals surface area (Å²) >= 11 is 7.56. The van der Waals surface area contributed by atoms with Crippen molar-refractivity contribution in [1.29, 1.82) is 0 Å². The molecule has 2 N–H and O–H groups in total. The van der Waals surface area contributed by atoms with Gasteiger partial charge in [-0.2, -0.15) is 0 Å². The minimum atomic E-state index is -0.962. The van der Waals surface area contributed by atoms with Crippen LogP contribution in [0.2, 0.25) is 0 Å². The molecule has 1 saturated heterocycles. The molecule has 0 saturated carbocycles. The van der Waals surface area contributed by atoms with E-state index in [4.69, 9.17) is 12.2 Å². The van der Waals surface area contributed by atoms with Crippen LogP contribution in [0.15, 0.2) is 40.6 Å². The number of nitrogens with zero attached hydrogens (tertiary/aromatic N) is 1. The summed E-state index contributed by atoms with van der Waals surface area (Å²) in [5, 5.41) is 15.0. The molecular formula is C19H13FN2O2S3. The third-order valence-corrected chi connectivity index (χ3v) is 6.14. The molecule has 1 aliphatic rings. The summed E-state index contributed by atoms with van der Waals surface area (Å²) in [4.78, 5) is 17.6. The maximum Gasteiger partial charge on any atom is 0.263 e. The van der Waals surface area contributed by atoms with Gasteiger partial charge in [0.1, 0.15) is 10.0 Å². The molecule has 0 radical (unpaired) electrons. The SMILES string of the molecule is CC(O)c1c(F)c(-c2csc(C=C3SC(=S)NC3=O)c2)nc2ccccc12. The first-order valence-electron chi connectivity index (χ1n) is 8.04. The van der Waals surface area contributed by atoms with Crippen molar-refractivity contribution < 1.29 is 14.3 Å². The lowest BCUT2D eigenvalue weighted by atomic mass is 10.0. The summed E-state index contributed by atoms with van der Waals surface area (Å²) in [5.41, 5.74) is 1.64. The molecule has 27 heavy (non-hydrogen) atoms. The van der Waals surface area contributed by atoms with Crippen LogP contribution < -0.4 is 5.32 Å². The smallest absolute Gasteiger partial charge is 0.263 e. The Balaban J connectivity index is 1.81. The molecule has 1 unspecified atom stereocenters. The highest BCUT2D eigenvalue weighted by Gasteiger charge is 2.23. The highest BCUT2D eigenvalue weighted by molar-refractivity contribution is 8.26. The lowest BCUT2D eigenvalue weighted by molar-refractivity contribution is -0.115. The zero-order chi connectivity index (χ0) is 19.1. The number of rotatable bonds is 3. The Morgan fingerprint density at radius 2 is 2.15 bits per heavy atom. The van der Waals surface area contributed by atoms with Crippen LogP contribution in [0, 0.1) is 5.82 Å². The fraction of sp³-hybridized carbons (Fsp3) is 0.105. The maximum atomic E-state index is 15.1. The molecule has 3 aromatic rings. The molecule has 8 heteroatoms. The Kier molecular flexibility index (Phi) is 4.81. The number of aliphatic hydroxyl groups is 1. The monoisotopic (exact) mass is 416 g/mol. The molecule has 4 rings (SSSR count). The fourth-order valence-corrected chi connectivity index (χ4v) is 4.85. The number of nitrogens with one attached hydrogen (secondary N) is 1. The van der Waals surface area contributed by atoms with Gasteiger partial charge in [-0.1, -0.05) is 42.2 Å². The normalized spacial score (nSPS) is 16.9. The van der Waals surface area contributed by atoms with E-state index in [1.807, 2.05) is 6.07 Å². The van der Waals surface area contributed by atoms with Crippen molar-refractivity contribution in [2.75, 3.05) is 0 Å². The number of aliphatic hydroxyl groups excluding tert-OH is 1. The topological polar surface area (TPSA) is 62.2 Å². The summed E-state index contributed by atoms with van der Waals surface area (Å²) in [6.45, 7) is 1.54. The second-order valence-electron chi connectivity index (χ2n) is 5.97. The van der Waals surface area contributed by atoms with Gasteiger partial charge in [-0.3, -0.25) is 4.79 Å². The van der Waals surface area contributed by atoms with E-state index >= 15 is 4.39 Å². The highest BCUT2D eigenvalue weighted by Crippen LogP contribution is 2.35. The predicted molar refractivity (Wildman–Crippen MR) is 112 cm³/mol. The van der Waals surface area contributed by atoms with Crippen molar-refractivity contribution in [3.63, 3.8) is 0 Å². The molecule has 1 aliphatic heterocycles. The molecule has 4 nitrogen and oxygen atoms in total. The first kappa shape index (κ1) is 18.2. The van der Waals surface area contributed by atoms with E-state index in [-0.39, 0.29) is 17.2 Å². The number of carbonyl (C=O) groups is 1. The summed E-state index contributed by atoms with van der Waals surface area (Å²) < 4.78 is 15.6. The number of thiocarbonyl (C=S) groups is 1. The molecule has 2 aromatic heterocycles. The van der Waals surface area contributed by atoms with E-state index in [1.54, 1.807) is 35.7 Å². The molecule has 0 spiro atoms. The Labute approximate surface area is 168 Å². The number of hydrogen-bond acceptors (Lipinski definition) is 6. The van der Waals surface area contributed by atoms with Gasteiger partial charge in [0.15, 0.2) is 5.82 Å². The van der Waals surface area contributed by atoms with Crippen molar-refractivity contribution in [2.24, 2.45) is 0 Å². The predicted octanol–water partition coefficient (Wildman–Crippen LogP) is 4.64. The number of amides is 1. The number of carbonyl (C=O) groups excluding carboxylic acids is 1. The summed E-state index contributed by atoms with van der Waals surface area (Å²) in [5.74, 6) is -0.763. The second-order valence-corrected chi connectivity index (χ2v) is 8.63. The quantitative estimate of drug-likeness (QED) is 0.481. The highest BCUT2D eigenvalue weighted by atomic mass is 32.2. The number of hydrogen-bond donors (Lipinski definition) is 2. The Morgan fingerprint density at radius 3 is 2.85 bits per heavy atom. The average molecular weight is 417 g/mol. The molecule has 136 valence electrons. The minimum Gasteiger partial charge on any atom is -0.389 e. The van der Waals surface area contributed by atoms with Crippen LogP contribution in [-0.2, 0) is 4.79 Å². The minimum absolute atomic E-state index is 0.185. The molecular weight excluding hydrogens is 403 g/mol. The molecule has 1 amide bonds. The standard InChI is InChI=1S/C19H13FN2O2S3/c1-9(23)15-12-4-2-3-5-13(12)21-17(16(15)20)10-6-11(26-8-10)7-14-18(24)22-19(25)27-14/h2-9,23H,1H3,(H,22,24,25). The number of fused-ring (bicyclic) bond motifs is 1. The second kappa shape index (κ2) is 7.12. The van der Waals surface area contributed by atoms with E-state index in [0.717, 1.165) is 4.88 Å². The number of thioether (sulfide) groups is 1. The van der Waals surface area contributed by atoms with Gasteiger partial charge in [0.25, 0.3) is 5.91 Å². The molecule has 1 atom stereocenters. The van der Waals surface area contributed by atoms with Gasteiger partial charge in [-0.25, -0.2) is 9.37 Å². The Hall–Kier alpha value is -2.13. The lowest BCUT2D eigenvalue weighted by Gasteiger charge is -2.13. The summed E-state index contributed by atoms with van der Waals surface area (Å²) in [6.07, 6.45) is 0.763. The van der Waals surface area contributed by atoms with Crippen LogP contribution in [0.1, 0.15) is 23.5 Å². The number of para-hydroxylation sites is 1. The van der Waals surface area contributed by atoms with Crippen LogP contribution >= 0.6 is 35.3 Å². The van der Waals surface area contributed by atoms with Gasteiger partial charge >= 0.3 is 0 Å². The van der Waals surface area contributed by atoms with Crippen LogP contribution in [-0.4, -0.2) is 20.3 Å². The zero-order valence-electron chi connectivity index (χ0n) is 14.0. The van der Waals surface area contributed by atoms with Gasteiger partial charge in [-0.15, -0.1) is 11.3 Å². The first-order valence-corrected chi connectivity index (χ1v) is 10.1. The van der Waals surface area contributed by atoms with E-state index in [9.17, 15) is 9.90 Å². The van der Waals surface area contributed by atoms with E-state index < -0.39 is 11.9 Å². The van der Waals surface area contributed by atoms with Crippen LogP contribution in [0.3, 0.4) is 0 Å². The van der Waals surface area contributed by atoms with E-state index in [1.165, 1.54) is 30.0 Å². The summed E-state index contributed by atoms with van der Waals surface area (Å²) in [7, 11) is 0. The van der Waals surface area contributed by atoms with Gasteiger partial charge in [0.05, 0.1) is 16.5 Å². The summed E-state index contributed by atoms with van der Waals surface area (Å²) in [6, 6.07) is 8.93. The number of pyridine rings is 1. The van der Waals surface area contributed by atoms with Crippen LogP contribution in [0.4, 0.5) is 4.39 Å². The number of benzene rings is 1. The van der Waals surface area contributed by atoms with Gasteiger partial charge in [-0.05, 0) is 25.1 Å². The molecule has 0 bridgehead atoms. The lowest BCUT2D eigenvalue weighted by Crippen LogP contribution is -2.17. The number of aromatic nitrogens is 1. The molecule has 3 heterocycles. The molecule has 1 aromatic carbocycles. The van der Waals surface area contributed by atoms with Crippen molar-refractivity contribution in [3.05, 3.63) is 56.9 Å². The van der Waals surface area contributed by atoms with Crippen LogP contribution in [0.25, 0.3) is 28.2 Å². The van der Waals surface area contributed by atoms with E-state index in [0.29, 0.717) is 25.7 Å². The van der Waals surface area contributed by atoms with Gasteiger partial charge < -0.3 is 10.4 Å². The number of halogens is 1. The largest absolute Gasteiger partial charge is 0.389 e. The molecule has 1 fully saturated rings. The zero-order valence-corrected chi connectivity index (χ0v) is 16.5. The van der Waals surface area contributed by atoms with Crippen molar-refractivity contribution in [3.8, 4) is 11.3 Å². The molecule has 0 aliphatic carbocycles. The van der Waals surface area contributed by atoms with Crippen molar-refractivity contribution in [1.82, 2.24) is 10.3 Å². The first-order chi connectivity index (χ1) is 12.9. The average Bonchev–Trinajstić information content (AvgIpc) is 3.20. The Bertz CT molecular complexity index is 1120. The maximum absolute atomic E-state index is 15.1. The van der Waals surface area contributed by atoms with E-state index in [2.05, 4.69) is 10.3 Å². The van der Waals surface area contributed by atoms with Gasteiger partial charge in [0, 0.05) is 26.8 Å². The Morgan fingerprint density at radius 1 is 1.37 bits per heavy atom. The van der Waals surface area contributed by atoms with Crippen molar-refractivity contribution >= 4 is 62.5 Å². The van der Waals surface area contributed by atoms with Crippen molar-refractivity contribution in [2.45, 2.75) is 13.0 Å². The van der Waals surface area contributed by atoms with Crippen LogP contribution in [0.5, 0.6) is 0 Å². The van der Waals surface area contributed by atoms with Gasteiger partial charge in [0.2, 0.25) is 0 Å². The fourth-order valence-electron chi connectivity index (χ4n) is 2.92. The third kappa shape index (κ3) is 3.41.